The van der Waals surface area contributed by atoms with Gasteiger partial charge in [0, 0.05) is 24.9 Å². The van der Waals surface area contributed by atoms with Crippen LogP contribution >= 0.6 is 0 Å². The summed E-state index contributed by atoms with van der Waals surface area (Å²) in [5.74, 6) is -0.395. The van der Waals surface area contributed by atoms with E-state index in [9.17, 15) is 9.18 Å². The lowest BCUT2D eigenvalue weighted by Crippen LogP contribution is -2.14. The third-order valence-electron chi connectivity index (χ3n) is 3.02. The van der Waals surface area contributed by atoms with Crippen LogP contribution in [0.15, 0.2) is 55.1 Å². The highest BCUT2D eigenvalue weighted by atomic mass is 19.1. The van der Waals surface area contributed by atoms with Gasteiger partial charge in [-0.3, -0.25) is 4.79 Å². The highest BCUT2D eigenvalue weighted by Crippen LogP contribution is 2.25. The number of anilines is 1. The van der Waals surface area contributed by atoms with E-state index in [-0.39, 0.29) is 18.6 Å². The molecule has 6 nitrogen and oxygen atoms in total. The van der Waals surface area contributed by atoms with Crippen LogP contribution in [0.5, 0.6) is 11.5 Å². The minimum absolute atomic E-state index is 0. The lowest BCUT2D eigenvalue weighted by Gasteiger charge is -2.09. The maximum absolute atomic E-state index is 13.8. The predicted octanol–water partition coefficient (Wildman–Crippen LogP) is 3.61. The third-order valence-corrected chi connectivity index (χ3v) is 3.02. The zero-order valence-corrected chi connectivity index (χ0v) is 12.7. The van der Waals surface area contributed by atoms with Crippen LogP contribution in [0.2, 0.25) is 0 Å². The van der Waals surface area contributed by atoms with Gasteiger partial charge in [-0.15, -0.1) is 0 Å². The highest BCUT2D eigenvalue weighted by Gasteiger charge is 2.10. The first-order chi connectivity index (χ1) is 11.6. The molecule has 122 valence electrons. The van der Waals surface area contributed by atoms with E-state index in [1.807, 2.05) is 0 Å². The van der Waals surface area contributed by atoms with Crippen LogP contribution in [0.4, 0.5) is 10.1 Å². The number of pyridine rings is 1. The SMILES string of the molecule is Cc1cccc(C(=O)Nc2cc(F)cc(Oc3cncnc3)c2)n1.[HH]. The summed E-state index contributed by atoms with van der Waals surface area (Å²) in [6.07, 6.45) is 4.26. The van der Waals surface area contributed by atoms with E-state index in [0.717, 1.165) is 5.69 Å². The van der Waals surface area contributed by atoms with Gasteiger partial charge in [0.15, 0.2) is 5.75 Å². The Morgan fingerprint density at radius 1 is 1.17 bits per heavy atom. The van der Waals surface area contributed by atoms with Crippen molar-refractivity contribution >= 4 is 11.6 Å². The van der Waals surface area contributed by atoms with Gasteiger partial charge in [0.1, 0.15) is 23.6 Å². The first-order valence-corrected chi connectivity index (χ1v) is 7.08. The van der Waals surface area contributed by atoms with Crippen molar-refractivity contribution in [3.8, 4) is 11.5 Å². The molecule has 0 bridgehead atoms. The van der Waals surface area contributed by atoms with E-state index in [1.54, 1.807) is 25.1 Å². The Bertz CT molecular complexity index is 878. The van der Waals surface area contributed by atoms with Crippen molar-refractivity contribution in [2.75, 3.05) is 5.32 Å². The van der Waals surface area contributed by atoms with E-state index >= 15 is 0 Å². The van der Waals surface area contributed by atoms with Crippen LogP contribution in [-0.4, -0.2) is 20.9 Å². The summed E-state index contributed by atoms with van der Waals surface area (Å²) in [6, 6.07) is 9.00. The molecule has 3 aromatic rings. The van der Waals surface area contributed by atoms with E-state index in [2.05, 4.69) is 20.3 Å². The first-order valence-electron chi connectivity index (χ1n) is 7.08. The second-order valence-electron chi connectivity index (χ2n) is 4.97. The largest absolute Gasteiger partial charge is 0.454 e. The maximum atomic E-state index is 13.8. The molecule has 0 aliphatic carbocycles. The minimum Gasteiger partial charge on any atom is -0.454 e. The Morgan fingerprint density at radius 3 is 2.71 bits per heavy atom. The lowest BCUT2D eigenvalue weighted by molar-refractivity contribution is 0.102. The standard InChI is InChI=1S/C17H13FN4O2.H2/c1-11-3-2-4-16(21-11)17(23)22-13-5-12(18)6-14(7-13)24-15-8-19-10-20-9-15;/h2-10H,1H3,(H,22,23);1H. The number of hydrogen-bond donors (Lipinski definition) is 1. The average molecular weight is 326 g/mol. The fraction of sp³-hybridized carbons (Fsp3) is 0.0588. The van der Waals surface area contributed by atoms with Crippen molar-refractivity contribution in [2.45, 2.75) is 6.92 Å². The highest BCUT2D eigenvalue weighted by molar-refractivity contribution is 6.02. The summed E-state index contributed by atoms with van der Waals surface area (Å²) in [5, 5.41) is 2.60. The van der Waals surface area contributed by atoms with Gasteiger partial charge in [-0.25, -0.2) is 19.3 Å². The first kappa shape index (κ1) is 15.5. The topological polar surface area (TPSA) is 77.0 Å². The summed E-state index contributed by atoms with van der Waals surface area (Å²) < 4.78 is 19.2. The van der Waals surface area contributed by atoms with Crippen molar-refractivity contribution in [1.82, 2.24) is 15.0 Å². The van der Waals surface area contributed by atoms with Gasteiger partial charge in [0.2, 0.25) is 0 Å². The summed E-state index contributed by atoms with van der Waals surface area (Å²) in [4.78, 5) is 23.9. The second kappa shape index (κ2) is 6.82. The van der Waals surface area contributed by atoms with Crippen LogP contribution in [-0.2, 0) is 0 Å². The maximum Gasteiger partial charge on any atom is 0.274 e. The molecule has 0 aliphatic heterocycles. The Morgan fingerprint density at radius 2 is 1.96 bits per heavy atom. The zero-order chi connectivity index (χ0) is 16.9. The number of carbonyl (C=O) groups excluding carboxylic acids is 1. The average Bonchev–Trinajstić information content (AvgIpc) is 2.55. The molecule has 0 spiro atoms. The number of nitrogens with zero attached hydrogens (tertiary/aromatic N) is 3. The van der Waals surface area contributed by atoms with Crippen molar-refractivity contribution in [1.29, 1.82) is 0 Å². The Kier molecular flexibility index (Phi) is 4.42. The number of nitrogens with one attached hydrogen (secondary N) is 1. The molecule has 2 aromatic heterocycles. The fourth-order valence-corrected chi connectivity index (χ4v) is 2.03. The van der Waals surface area contributed by atoms with Crippen LogP contribution in [0, 0.1) is 12.7 Å². The number of benzene rings is 1. The van der Waals surface area contributed by atoms with Gasteiger partial charge < -0.3 is 10.1 Å². The molecule has 24 heavy (non-hydrogen) atoms. The molecule has 0 aliphatic rings. The van der Waals surface area contributed by atoms with Gasteiger partial charge in [0.05, 0.1) is 12.4 Å². The van der Waals surface area contributed by atoms with E-state index < -0.39 is 11.7 Å². The lowest BCUT2D eigenvalue weighted by atomic mass is 10.2. The van der Waals surface area contributed by atoms with Crippen molar-refractivity contribution in [3.05, 3.63) is 72.3 Å². The molecule has 3 rings (SSSR count). The molecule has 0 saturated heterocycles. The van der Waals surface area contributed by atoms with Gasteiger partial charge >= 0.3 is 0 Å². The van der Waals surface area contributed by atoms with E-state index in [4.69, 9.17) is 4.74 Å². The van der Waals surface area contributed by atoms with Crippen LogP contribution in [0.25, 0.3) is 0 Å². The molecule has 1 amide bonds. The molecule has 0 radical (unpaired) electrons. The van der Waals surface area contributed by atoms with Crippen LogP contribution < -0.4 is 10.1 Å². The van der Waals surface area contributed by atoms with Gasteiger partial charge in [0.25, 0.3) is 5.91 Å². The molecule has 0 fully saturated rings. The quantitative estimate of drug-likeness (QED) is 0.792. The molecule has 1 N–H and O–H groups in total. The Labute approximate surface area is 138 Å². The molecule has 7 heteroatoms. The van der Waals surface area contributed by atoms with Gasteiger partial charge in [-0.2, -0.15) is 0 Å². The summed E-state index contributed by atoms with van der Waals surface area (Å²) >= 11 is 0. The second-order valence-corrected chi connectivity index (χ2v) is 4.97. The number of ether oxygens (including phenoxy) is 1. The monoisotopic (exact) mass is 326 g/mol. The Balaban J connectivity index is 0.00000225. The Hall–Kier alpha value is -3.35. The van der Waals surface area contributed by atoms with Crippen LogP contribution in [0.1, 0.15) is 17.6 Å². The van der Waals surface area contributed by atoms with Crippen LogP contribution in [0.3, 0.4) is 0 Å². The molecule has 0 unspecified atom stereocenters. The van der Waals surface area contributed by atoms with Crippen molar-refractivity contribution in [3.63, 3.8) is 0 Å². The number of hydrogen-bond acceptors (Lipinski definition) is 5. The number of aromatic nitrogens is 3. The van der Waals surface area contributed by atoms with Crippen molar-refractivity contribution in [2.24, 2.45) is 0 Å². The number of aryl methyl sites for hydroxylation is 1. The molecule has 0 atom stereocenters. The predicted molar refractivity (Wildman–Crippen MR) is 87.5 cm³/mol. The molecule has 0 saturated carbocycles. The van der Waals surface area contributed by atoms with E-state index in [0.29, 0.717) is 5.75 Å². The van der Waals surface area contributed by atoms with Crippen molar-refractivity contribution < 1.29 is 15.3 Å². The molecular weight excluding hydrogens is 311 g/mol. The smallest absolute Gasteiger partial charge is 0.274 e. The van der Waals surface area contributed by atoms with E-state index in [1.165, 1.54) is 36.9 Å². The molecule has 1 aromatic carbocycles. The molecule has 2 heterocycles. The third kappa shape index (κ3) is 3.89. The molecular formula is C17H15FN4O2. The normalized spacial score (nSPS) is 10.2. The fourth-order valence-electron chi connectivity index (χ4n) is 2.03. The number of amides is 1. The number of carbonyl (C=O) groups is 1. The number of halogens is 1. The van der Waals surface area contributed by atoms with Gasteiger partial charge in [-0.05, 0) is 25.1 Å². The minimum atomic E-state index is -0.545. The number of rotatable bonds is 4. The zero-order valence-electron chi connectivity index (χ0n) is 12.7. The van der Waals surface area contributed by atoms with Gasteiger partial charge in [-0.1, -0.05) is 6.07 Å². The summed E-state index contributed by atoms with van der Waals surface area (Å²) in [5.41, 5.74) is 1.23. The summed E-state index contributed by atoms with van der Waals surface area (Å²) in [6.45, 7) is 1.78. The summed E-state index contributed by atoms with van der Waals surface area (Å²) in [7, 11) is 0.